The third-order valence-electron chi connectivity index (χ3n) is 3.75. The summed E-state index contributed by atoms with van der Waals surface area (Å²) in [4.78, 5) is 16.6. The van der Waals surface area contributed by atoms with E-state index in [9.17, 15) is 4.79 Å². The lowest BCUT2D eigenvalue weighted by Gasteiger charge is -2.25. The maximum Gasteiger partial charge on any atom is 0.237 e. The molecule has 4 heteroatoms. The van der Waals surface area contributed by atoms with E-state index in [-0.39, 0.29) is 5.91 Å². The average Bonchev–Trinajstić information content (AvgIpc) is 3.06. The van der Waals surface area contributed by atoms with Gasteiger partial charge < -0.3 is 9.32 Å². The van der Waals surface area contributed by atoms with Crippen LogP contribution in [0.15, 0.2) is 53.1 Å². The number of carbonyl (C=O) groups excluding carboxylic acids is 1. The topological polar surface area (TPSA) is 36.7 Å². The van der Waals surface area contributed by atoms with Crippen LogP contribution in [0.2, 0.25) is 0 Å². The number of nitrogens with zero attached hydrogens (tertiary/aromatic N) is 2. The molecule has 0 saturated heterocycles. The van der Waals surface area contributed by atoms with Crippen molar-refractivity contribution in [2.75, 3.05) is 19.6 Å². The monoisotopic (exact) mass is 300 g/mol. The quantitative estimate of drug-likeness (QED) is 0.751. The Labute approximate surface area is 132 Å². The molecular formula is C18H24N2O2. The molecule has 0 aliphatic rings. The Balaban J connectivity index is 2.08. The molecular weight excluding hydrogens is 276 g/mol. The van der Waals surface area contributed by atoms with Gasteiger partial charge in [0.05, 0.1) is 19.4 Å². The lowest BCUT2D eigenvalue weighted by atomic mass is 10.2. The molecule has 0 saturated carbocycles. The SMILES string of the molecule is CCN(CC)CC(=O)N(Cc1ccccc1)Cc1ccco1. The van der Waals surface area contributed by atoms with Crippen LogP contribution in [-0.2, 0) is 17.9 Å². The Kier molecular flexibility index (Phi) is 6.22. The number of hydrogen-bond donors (Lipinski definition) is 0. The number of benzene rings is 1. The molecule has 2 rings (SSSR count). The van der Waals surface area contributed by atoms with Crippen molar-refractivity contribution < 1.29 is 9.21 Å². The number of rotatable bonds is 8. The third kappa shape index (κ3) is 4.74. The first-order valence-electron chi connectivity index (χ1n) is 7.79. The third-order valence-corrected chi connectivity index (χ3v) is 3.75. The zero-order valence-corrected chi connectivity index (χ0v) is 13.4. The van der Waals surface area contributed by atoms with Gasteiger partial charge in [-0.3, -0.25) is 9.69 Å². The van der Waals surface area contributed by atoms with E-state index < -0.39 is 0 Å². The summed E-state index contributed by atoms with van der Waals surface area (Å²) >= 11 is 0. The Morgan fingerprint density at radius 3 is 2.32 bits per heavy atom. The van der Waals surface area contributed by atoms with Crippen LogP contribution in [0.1, 0.15) is 25.2 Å². The van der Waals surface area contributed by atoms with Gasteiger partial charge in [0.2, 0.25) is 5.91 Å². The van der Waals surface area contributed by atoms with Crippen LogP contribution in [0, 0.1) is 0 Å². The zero-order valence-electron chi connectivity index (χ0n) is 13.4. The van der Waals surface area contributed by atoms with E-state index in [0.717, 1.165) is 24.4 Å². The summed E-state index contributed by atoms with van der Waals surface area (Å²) in [5, 5.41) is 0. The highest BCUT2D eigenvalue weighted by Gasteiger charge is 2.17. The highest BCUT2D eigenvalue weighted by Crippen LogP contribution is 2.11. The van der Waals surface area contributed by atoms with Gasteiger partial charge in [0.25, 0.3) is 0 Å². The van der Waals surface area contributed by atoms with E-state index in [1.807, 2.05) is 47.4 Å². The molecule has 0 fully saturated rings. The van der Waals surface area contributed by atoms with Gasteiger partial charge >= 0.3 is 0 Å². The van der Waals surface area contributed by atoms with E-state index in [0.29, 0.717) is 19.6 Å². The smallest absolute Gasteiger partial charge is 0.237 e. The fourth-order valence-corrected chi connectivity index (χ4v) is 2.37. The molecule has 22 heavy (non-hydrogen) atoms. The van der Waals surface area contributed by atoms with Crippen molar-refractivity contribution in [3.63, 3.8) is 0 Å². The van der Waals surface area contributed by atoms with Crippen molar-refractivity contribution in [2.45, 2.75) is 26.9 Å². The molecule has 0 aliphatic heterocycles. The molecule has 1 heterocycles. The minimum atomic E-state index is 0.129. The number of hydrogen-bond acceptors (Lipinski definition) is 3. The van der Waals surface area contributed by atoms with Crippen molar-refractivity contribution in [3.05, 3.63) is 60.1 Å². The van der Waals surface area contributed by atoms with Crippen molar-refractivity contribution in [3.8, 4) is 0 Å². The molecule has 4 nitrogen and oxygen atoms in total. The van der Waals surface area contributed by atoms with E-state index >= 15 is 0 Å². The van der Waals surface area contributed by atoms with Crippen molar-refractivity contribution in [1.82, 2.24) is 9.80 Å². The minimum Gasteiger partial charge on any atom is -0.467 e. The molecule has 2 aromatic rings. The maximum absolute atomic E-state index is 12.6. The Morgan fingerprint density at radius 1 is 1.00 bits per heavy atom. The predicted molar refractivity (Wildman–Crippen MR) is 87.2 cm³/mol. The standard InChI is InChI=1S/C18H24N2O2/c1-3-19(4-2)15-18(21)20(14-17-11-8-12-22-17)13-16-9-6-5-7-10-16/h5-12H,3-4,13-15H2,1-2H3. The van der Waals surface area contributed by atoms with Gasteiger partial charge in [0, 0.05) is 6.54 Å². The fraction of sp³-hybridized carbons (Fsp3) is 0.389. The van der Waals surface area contributed by atoms with Crippen LogP contribution < -0.4 is 0 Å². The lowest BCUT2D eigenvalue weighted by molar-refractivity contribution is -0.133. The van der Waals surface area contributed by atoms with Gasteiger partial charge in [-0.05, 0) is 30.8 Å². The molecule has 1 aromatic heterocycles. The summed E-state index contributed by atoms with van der Waals surface area (Å²) in [6.45, 7) is 7.45. The van der Waals surface area contributed by atoms with Crippen molar-refractivity contribution in [1.29, 1.82) is 0 Å². The fourth-order valence-electron chi connectivity index (χ4n) is 2.37. The predicted octanol–water partition coefficient (Wildman–Crippen LogP) is 3.15. The number of carbonyl (C=O) groups is 1. The summed E-state index contributed by atoms with van der Waals surface area (Å²) in [5.74, 6) is 0.938. The Morgan fingerprint density at radius 2 is 1.73 bits per heavy atom. The first-order valence-corrected chi connectivity index (χ1v) is 7.79. The largest absolute Gasteiger partial charge is 0.467 e. The highest BCUT2D eigenvalue weighted by atomic mass is 16.3. The van der Waals surface area contributed by atoms with Crippen LogP contribution in [0.25, 0.3) is 0 Å². The second-order valence-corrected chi connectivity index (χ2v) is 5.28. The van der Waals surface area contributed by atoms with Gasteiger partial charge in [0.15, 0.2) is 0 Å². The van der Waals surface area contributed by atoms with Crippen LogP contribution in [-0.4, -0.2) is 35.3 Å². The van der Waals surface area contributed by atoms with Gasteiger partial charge in [-0.1, -0.05) is 44.2 Å². The molecule has 0 bridgehead atoms. The summed E-state index contributed by atoms with van der Waals surface area (Å²) in [6, 6.07) is 13.8. The van der Waals surface area contributed by atoms with Crippen LogP contribution in [0.5, 0.6) is 0 Å². The van der Waals surface area contributed by atoms with Gasteiger partial charge in [0.1, 0.15) is 5.76 Å². The van der Waals surface area contributed by atoms with Crippen LogP contribution in [0.4, 0.5) is 0 Å². The molecule has 1 aromatic carbocycles. The molecule has 0 spiro atoms. The first kappa shape index (κ1) is 16.3. The summed E-state index contributed by atoms with van der Waals surface area (Å²) < 4.78 is 5.40. The first-order chi connectivity index (χ1) is 10.7. The summed E-state index contributed by atoms with van der Waals surface area (Å²) in [5.41, 5.74) is 1.13. The molecule has 0 unspecified atom stereocenters. The molecule has 1 amide bonds. The number of amides is 1. The normalized spacial score (nSPS) is 10.9. The number of likely N-dealkylation sites (N-methyl/N-ethyl adjacent to an activating group) is 1. The van der Waals surface area contributed by atoms with Gasteiger partial charge in [-0.25, -0.2) is 0 Å². The Hall–Kier alpha value is -2.07. The van der Waals surface area contributed by atoms with Gasteiger partial charge in [-0.15, -0.1) is 0 Å². The molecule has 118 valence electrons. The van der Waals surface area contributed by atoms with Gasteiger partial charge in [-0.2, -0.15) is 0 Å². The average molecular weight is 300 g/mol. The summed E-state index contributed by atoms with van der Waals surface area (Å²) in [6.07, 6.45) is 1.64. The van der Waals surface area contributed by atoms with Crippen molar-refractivity contribution in [2.24, 2.45) is 0 Å². The van der Waals surface area contributed by atoms with E-state index in [2.05, 4.69) is 18.7 Å². The molecule has 0 N–H and O–H groups in total. The van der Waals surface area contributed by atoms with E-state index in [1.54, 1.807) is 6.26 Å². The maximum atomic E-state index is 12.6. The molecule has 0 radical (unpaired) electrons. The van der Waals surface area contributed by atoms with Crippen LogP contribution >= 0.6 is 0 Å². The van der Waals surface area contributed by atoms with Crippen LogP contribution in [0.3, 0.4) is 0 Å². The second-order valence-electron chi connectivity index (χ2n) is 5.28. The highest BCUT2D eigenvalue weighted by molar-refractivity contribution is 5.78. The molecule has 0 aliphatic carbocycles. The number of furan rings is 1. The van der Waals surface area contributed by atoms with E-state index in [1.165, 1.54) is 0 Å². The molecule has 0 atom stereocenters. The lowest BCUT2D eigenvalue weighted by Crippen LogP contribution is -2.39. The van der Waals surface area contributed by atoms with Crippen molar-refractivity contribution >= 4 is 5.91 Å². The minimum absolute atomic E-state index is 0.129. The van der Waals surface area contributed by atoms with E-state index in [4.69, 9.17) is 4.42 Å². The zero-order chi connectivity index (χ0) is 15.8. The Bertz CT molecular complexity index is 548. The summed E-state index contributed by atoms with van der Waals surface area (Å²) in [7, 11) is 0. The second kappa shape index (κ2) is 8.39.